The molecule has 5 heteroatoms. The molecule has 0 amide bonds. The lowest BCUT2D eigenvalue weighted by molar-refractivity contribution is 0.296. The van der Waals surface area contributed by atoms with Crippen molar-refractivity contribution in [2.45, 2.75) is 13.5 Å². The number of hydrogen-bond acceptors (Lipinski definition) is 4. The largest absolute Gasteiger partial charge is 0.485 e. The van der Waals surface area contributed by atoms with Crippen LogP contribution in [0.3, 0.4) is 0 Å². The van der Waals surface area contributed by atoms with Crippen molar-refractivity contribution in [3.63, 3.8) is 0 Å². The van der Waals surface area contributed by atoms with Gasteiger partial charge in [-0.25, -0.2) is 0 Å². The monoisotopic (exact) mass is 444 g/mol. The maximum absolute atomic E-state index is 11.8. The molecule has 4 nitrogen and oxygen atoms in total. The normalized spacial score (nSPS) is 11.2. The van der Waals surface area contributed by atoms with Crippen LogP contribution in [-0.4, -0.2) is 14.7 Å². The Morgan fingerprint density at radius 1 is 0.656 bits per heavy atom. The van der Waals surface area contributed by atoms with Crippen LogP contribution in [0.2, 0.25) is 0 Å². The zero-order valence-corrected chi connectivity index (χ0v) is 18.8. The van der Waals surface area contributed by atoms with Crippen LogP contribution in [0, 0.1) is 6.92 Å². The van der Waals surface area contributed by atoms with Gasteiger partial charge in [-0.2, -0.15) is 8.42 Å². The van der Waals surface area contributed by atoms with E-state index in [0.717, 1.165) is 34.1 Å². The molecule has 4 rings (SSSR count). The van der Waals surface area contributed by atoms with Crippen molar-refractivity contribution in [1.82, 2.24) is 0 Å². The summed E-state index contributed by atoms with van der Waals surface area (Å²) in [5.74, 6) is 0.544. The van der Waals surface area contributed by atoms with Crippen molar-refractivity contribution in [3.8, 4) is 33.8 Å². The highest BCUT2D eigenvalue weighted by atomic mass is 32.2. The van der Waals surface area contributed by atoms with Crippen LogP contribution in [0.5, 0.6) is 11.5 Å². The molecule has 0 N–H and O–H groups in total. The van der Waals surface area contributed by atoms with E-state index < -0.39 is 10.1 Å². The molecular weight excluding hydrogens is 420 g/mol. The van der Waals surface area contributed by atoms with E-state index in [2.05, 4.69) is 43.3 Å². The fourth-order valence-electron chi connectivity index (χ4n) is 3.37. The number of hydrogen-bond donors (Lipinski definition) is 0. The van der Waals surface area contributed by atoms with E-state index in [0.29, 0.717) is 12.4 Å². The van der Waals surface area contributed by atoms with Gasteiger partial charge >= 0.3 is 10.1 Å². The third-order valence-electron chi connectivity index (χ3n) is 5.03. The minimum atomic E-state index is -3.71. The third-order valence-corrected chi connectivity index (χ3v) is 5.51. The number of rotatable bonds is 7. The lowest BCUT2D eigenvalue weighted by atomic mass is 9.99. The first-order valence-electron chi connectivity index (χ1n) is 10.3. The Labute approximate surface area is 189 Å². The zero-order valence-electron chi connectivity index (χ0n) is 18.0. The Morgan fingerprint density at radius 3 is 1.78 bits per heavy atom. The lowest BCUT2D eigenvalue weighted by Crippen LogP contribution is -2.07. The van der Waals surface area contributed by atoms with E-state index >= 15 is 0 Å². The Balaban J connectivity index is 1.61. The molecule has 32 heavy (non-hydrogen) atoms. The Kier molecular flexibility index (Phi) is 6.28. The van der Waals surface area contributed by atoms with Gasteiger partial charge in [0, 0.05) is 0 Å². The van der Waals surface area contributed by atoms with E-state index in [1.165, 1.54) is 5.56 Å². The first-order valence-corrected chi connectivity index (χ1v) is 12.1. The van der Waals surface area contributed by atoms with Crippen molar-refractivity contribution in [2.24, 2.45) is 0 Å². The van der Waals surface area contributed by atoms with Crippen LogP contribution >= 0.6 is 0 Å². The smallest absolute Gasteiger partial charge is 0.306 e. The quantitative estimate of drug-likeness (QED) is 0.316. The molecule has 0 atom stereocenters. The van der Waals surface area contributed by atoms with Gasteiger partial charge in [0.05, 0.1) is 6.26 Å². The Bertz CT molecular complexity index is 1290. The summed E-state index contributed by atoms with van der Waals surface area (Å²) >= 11 is 0. The van der Waals surface area contributed by atoms with Crippen LogP contribution in [0.1, 0.15) is 11.1 Å². The molecule has 0 aromatic heterocycles. The van der Waals surface area contributed by atoms with Gasteiger partial charge in [-0.05, 0) is 46.9 Å². The molecule has 0 unspecified atom stereocenters. The molecule has 4 aromatic rings. The van der Waals surface area contributed by atoms with Gasteiger partial charge in [0.25, 0.3) is 0 Å². The predicted molar refractivity (Wildman–Crippen MR) is 128 cm³/mol. The van der Waals surface area contributed by atoms with Crippen molar-refractivity contribution in [3.05, 3.63) is 108 Å². The van der Waals surface area contributed by atoms with Gasteiger partial charge in [-0.15, -0.1) is 0 Å². The zero-order chi connectivity index (χ0) is 22.6. The fraction of sp³-hybridized carbons (Fsp3) is 0.111. The molecule has 0 aliphatic carbocycles. The summed E-state index contributed by atoms with van der Waals surface area (Å²) in [5, 5.41) is 0. The highest BCUT2D eigenvalue weighted by Crippen LogP contribution is 2.35. The highest BCUT2D eigenvalue weighted by molar-refractivity contribution is 7.86. The molecule has 0 bridgehead atoms. The molecule has 4 aromatic carbocycles. The molecule has 0 heterocycles. The molecule has 0 saturated heterocycles. The molecule has 0 fully saturated rings. The van der Waals surface area contributed by atoms with Gasteiger partial charge in [0.15, 0.2) is 11.5 Å². The molecule has 0 radical (unpaired) electrons. The highest BCUT2D eigenvalue weighted by Gasteiger charge is 2.14. The Morgan fingerprint density at radius 2 is 1.19 bits per heavy atom. The summed E-state index contributed by atoms with van der Waals surface area (Å²) in [5.41, 5.74) is 6.25. The average molecular weight is 445 g/mol. The van der Waals surface area contributed by atoms with Gasteiger partial charge in [-0.1, -0.05) is 90.5 Å². The van der Waals surface area contributed by atoms with Gasteiger partial charge in [0.2, 0.25) is 0 Å². The summed E-state index contributed by atoms with van der Waals surface area (Å²) in [6.45, 7) is 2.38. The lowest BCUT2D eigenvalue weighted by Gasteiger charge is -2.13. The van der Waals surface area contributed by atoms with E-state index in [1.54, 1.807) is 12.1 Å². The summed E-state index contributed by atoms with van der Waals surface area (Å²) in [6.07, 6.45) is 1.02. The van der Waals surface area contributed by atoms with E-state index in [9.17, 15) is 8.42 Å². The Hall–Kier alpha value is -3.57. The second kappa shape index (κ2) is 9.28. The molecule has 0 spiro atoms. The van der Waals surface area contributed by atoms with Crippen molar-refractivity contribution >= 4 is 10.1 Å². The van der Waals surface area contributed by atoms with E-state index in [4.69, 9.17) is 8.92 Å². The standard InChI is InChI=1S/C27H24O4S/c1-20-8-10-22(11-9-20)23-12-14-24(15-13-23)25-16-17-26(27(18-25)31-32(2,28)29)30-19-21-6-4-3-5-7-21/h3-18H,19H2,1-2H3. The van der Waals surface area contributed by atoms with Crippen molar-refractivity contribution < 1.29 is 17.3 Å². The summed E-state index contributed by atoms with van der Waals surface area (Å²) in [4.78, 5) is 0. The van der Waals surface area contributed by atoms with Crippen molar-refractivity contribution in [2.75, 3.05) is 6.26 Å². The fourth-order valence-corrected chi connectivity index (χ4v) is 3.83. The minimum Gasteiger partial charge on any atom is -0.485 e. The van der Waals surface area contributed by atoms with E-state index in [-0.39, 0.29) is 5.75 Å². The molecule has 0 saturated carbocycles. The topological polar surface area (TPSA) is 52.6 Å². The van der Waals surface area contributed by atoms with Crippen LogP contribution in [0.4, 0.5) is 0 Å². The van der Waals surface area contributed by atoms with Crippen LogP contribution in [0.15, 0.2) is 97.1 Å². The summed E-state index contributed by atoms with van der Waals surface area (Å²) < 4.78 is 34.7. The summed E-state index contributed by atoms with van der Waals surface area (Å²) in [7, 11) is -3.71. The van der Waals surface area contributed by atoms with Crippen LogP contribution in [0.25, 0.3) is 22.3 Å². The summed E-state index contributed by atoms with van der Waals surface area (Å²) in [6, 6.07) is 31.5. The predicted octanol–water partition coefficient (Wildman–Crippen LogP) is 6.25. The SMILES string of the molecule is Cc1ccc(-c2ccc(-c3ccc(OCc4ccccc4)c(OS(C)(=O)=O)c3)cc2)cc1. The van der Waals surface area contributed by atoms with Crippen LogP contribution < -0.4 is 8.92 Å². The second-order valence-corrected chi connectivity index (χ2v) is 9.24. The minimum absolute atomic E-state index is 0.170. The first kappa shape index (κ1) is 21.7. The molecule has 0 aliphatic heterocycles. The first-order chi connectivity index (χ1) is 15.4. The van der Waals surface area contributed by atoms with Crippen LogP contribution in [-0.2, 0) is 16.7 Å². The van der Waals surface area contributed by atoms with Gasteiger partial charge < -0.3 is 8.92 Å². The van der Waals surface area contributed by atoms with Gasteiger partial charge in [0.1, 0.15) is 6.61 Å². The number of ether oxygens (including phenoxy) is 1. The van der Waals surface area contributed by atoms with E-state index in [1.807, 2.05) is 48.5 Å². The molecule has 162 valence electrons. The maximum Gasteiger partial charge on any atom is 0.306 e. The molecular formula is C27H24O4S. The molecule has 0 aliphatic rings. The number of benzene rings is 4. The second-order valence-electron chi connectivity index (χ2n) is 7.67. The van der Waals surface area contributed by atoms with Crippen molar-refractivity contribution in [1.29, 1.82) is 0 Å². The van der Waals surface area contributed by atoms with Gasteiger partial charge in [-0.3, -0.25) is 0 Å². The third kappa shape index (κ3) is 5.56. The average Bonchev–Trinajstić information content (AvgIpc) is 2.78. The maximum atomic E-state index is 11.8. The number of aryl methyl sites for hydroxylation is 1.